The molecule has 2 rings (SSSR count). The van der Waals surface area contributed by atoms with Crippen molar-refractivity contribution in [3.05, 3.63) is 65.7 Å². The molecule has 96 valence electrons. The first-order valence-electron chi connectivity index (χ1n) is 6.26. The van der Waals surface area contributed by atoms with Gasteiger partial charge in [0.25, 0.3) is 0 Å². The Morgan fingerprint density at radius 2 is 1.33 bits per heavy atom. The van der Waals surface area contributed by atoms with Crippen molar-refractivity contribution in [2.24, 2.45) is 5.73 Å². The van der Waals surface area contributed by atoms with Gasteiger partial charge in [0.2, 0.25) is 0 Å². The van der Waals surface area contributed by atoms with Gasteiger partial charge in [0, 0.05) is 0 Å². The van der Waals surface area contributed by atoms with E-state index >= 15 is 0 Å². The first kappa shape index (κ1) is 14.3. The average Bonchev–Trinajstić information content (AvgIpc) is 2.49. The van der Waals surface area contributed by atoms with Crippen molar-refractivity contribution in [3.63, 3.8) is 0 Å². The van der Waals surface area contributed by atoms with Crippen molar-refractivity contribution in [1.29, 1.82) is 0 Å². The van der Waals surface area contributed by atoms with E-state index in [1.54, 1.807) is 7.11 Å². The SMILES string of the molecule is CC.COc1ccc(C(N)c2ccccc2)cc1. The molecule has 0 aromatic heterocycles. The van der Waals surface area contributed by atoms with E-state index in [1.807, 2.05) is 68.4 Å². The predicted molar refractivity (Wildman–Crippen MR) is 76.8 cm³/mol. The number of rotatable bonds is 3. The maximum Gasteiger partial charge on any atom is 0.118 e. The summed E-state index contributed by atoms with van der Waals surface area (Å²) in [5.41, 5.74) is 8.38. The summed E-state index contributed by atoms with van der Waals surface area (Å²) in [5.74, 6) is 0.851. The lowest BCUT2D eigenvalue weighted by atomic mass is 10.00. The number of methoxy groups -OCH3 is 1. The molecule has 2 N–H and O–H groups in total. The van der Waals surface area contributed by atoms with E-state index in [0.29, 0.717) is 0 Å². The number of hydrogen-bond donors (Lipinski definition) is 1. The van der Waals surface area contributed by atoms with Crippen LogP contribution in [0.15, 0.2) is 54.6 Å². The zero-order valence-corrected chi connectivity index (χ0v) is 11.3. The van der Waals surface area contributed by atoms with Gasteiger partial charge in [-0.2, -0.15) is 0 Å². The third-order valence-electron chi connectivity index (χ3n) is 2.63. The van der Waals surface area contributed by atoms with Gasteiger partial charge in [-0.25, -0.2) is 0 Å². The fraction of sp³-hybridized carbons (Fsp3) is 0.250. The second kappa shape index (κ2) is 7.51. The third-order valence-corrected chi connectivity index (χ3v) is 2.63. The molecule has 2 aromatic carbocycles. The molecule has 0 aliphatic rings. The van der Waals surface area contributed by atoms with Crippen molar-refractivity contribution in [2.45, 2.75) is 19.9 Å². The van der Waals surface area contributed by atoms with Gasteiger partial charge in [-0.15, -0.1) is 0 Å². The normalized spacial score (nSPS) is 11.1. The lowest BCUT2D eigenvalue weighted by Crippen LogP contribution is -2.11. The Morgan fingerprint density at radius 3 is 1.83 bits per heavy atom. The second-order valence-electron chi connectivity index (χ2n) is 3.66. The van der Waals surface area contributed by atoms with E-state index in [2.05, 4.69) is 0 Å². The Balaban J connectivity index is 0.000000771. The minimum atomic E-state index is -0.0768. The maximum atomic E-state index is 6.17. The molecule has 0 spiro atoms. The highest BCUT2D eigenvalue weighted by atomic mass is 16.5. The van der Waals surface area contributed by atoms with Crippen LogP contribution >= 0.6 is 0 Å². The number of hydrogen-bond acceptors (Lipinski definition) is 2. The molecular formula is C16H21NO. The van der Waals surface area contributed by atoms with Gasteiger partial charge < -0.3 is 10.5 Å². The Labute approximate surface area is 109 Å². The van der Waals surface area contributed by atoms with Crippen molar-refractivity contribution in [3.8, 4) is 5.75 Å². The molecule has 0 heterocycles. The van der Waals surface area contributed by atoms with E-state index in [0.717, 1.165) is 16.9 Å². The topological polar surface area (TPSA) is 35.2 Å². The van der Waals surface area contributed by atoms with Crippen LogP contribution in [-0.2, 0) is 0 Å². The summed E-state index contributed by atoms with van der Waals surface area (Å²) >= 11 is 0. The van der Waals surface area contributed by atoms with E-state index in [1.165, 1.54) is 0 Å². The van der Waals surface area contributed by atoms with E-state index in [4.69, 9.17) is 10.5 Å². The molecule has 18 heavy (non-hydrogen) atoms. The fourth-order valence-electron chi connectivity index (χ4n) is 1.66. The van der Waals surface area contributed by atoms with Crippen LogP contribution < -0.4 is 10.5 Å². The molecule has 0 radical (unpaired) electrons. The highest BCUT2D eigenvalue weighted by Gasteiger charge is 2.07. The highest BCUT2D eigenvalue weighted by molar-refractivity contribution is 5.34. The van der Waals surface area contributed by atoms with E-state index in [9.17, 15) is 0 Å². The van der Waals surface area contributed by atoms with Gasteiger partial charge in [-0.05, 0) is 23.3 Å². The van der Waals surface area contributed by atoms with Crippen molar-refractivity contribution < 1.29 is 4.74 Å². The van der Waals surface area contributed by atoms with Gasteiger partial charge in [0.15, 0.2) is 0 Å². The van der Waals surface area contributed by atoms with Crippen LogP contribution in [0, 0.1) is 0 Å². The molecular weight excluding hydrogens is 222 g/mol. The molecule has 1 unspecified atom stereocenters. The van der Waals surface area contributed by atoms with Crippen LogP contribution in [0.3, 0.4) is 0 Å². The van der Waals surface area contributed by atoms with Crippen LogP contribution in [-0.4, -0.2) is 7.11 Å². The summed E-state index contributed by atoms with van der Waals surface area (Å²) in [6, 6.07) is 17.8. The summed E-state index contributed by atoms with van der Waals surface area (Å²) in [4.78, 5) is 0. The smallest absolute Gasteiger partial charge is 0.118 e. The Kier molecular flexibility index (Phi) is 5.95. The zero-order chi connectivity index (χ0) is 13.4. The lowest BCUT2D eigenvalue weighted by molar-refractivity contribution is 0.414. The van der Waals surface area contributed by atoms with E-state index in [-0.39, 0.29) is 6.04 Å². The molecule has 1 atom stereocenters. The number of ether oxygens (including phenoxy) is 1. The van der Waals surface area contributed by atoms with Crippen LogP contribution in [0.5, 0.6) is 5.75 Å². The average molecular weight is 243 g/mol. The Hall–Kier alpha value is -1.80. The molecule has 2 heteroatoms. The summed E-state index contributed by atoms with van der Waals surface area (Å²) in [5, 5.41) is 0. The van der Waals surface area contributed by atoms with Crippen molar-refractivity contribution in [2.75, 3.05) is 7.11 Å². The van der Waals surface area contributed by atoms with Crippen LogP contribution in [0.1, 0.15) is 31.0 Å². The lowest BCUT2D eigenvalue weighted by Gasteiger charge is -2.12. The van der Waals surface area contributed by atoms with Crippen LogP contribution in [0.4, 0.5) is 0 Å². The predicted octanol–water partition coefficient (Wildman–Crippen LogP) is 3.77. The molecule has 0 bridgehead atoms. The molecule has 0 fully saturated rings. The zero-order valence-electron chi connectivity index (χ0n) is 11.3. The van der Waals surface area contributed by atoms with Gasteiger partial charge in [0.05, 0.1) is 13.2 Å². The van der Waals surface area contributed by atoms with E-state index < -0.39 is 0 Å². The molecule has 0 aliphatic carbocycles. The first-order chi connectivity index (χ1) is 8.81. The van der Waals surface area contributed by atoms with Crippen molar-refractivity contribution in [1.82, 2.24) is 0 Å². The molecule has 0 saturated carbocycles. The minimum absolute atomic E-state index is 0.0768. The third kappa shape index (κ3) is 3.60. The van der Waals surface area contributed by atoms with Gasteiger partial charge in [-0.3, -0.25) is 0 Å². The fourth-order valence-corrected chi connectivity index (χ4v) is 1.66. The van der Waals surface area contributed by atoms with Gasteiger partial charge >= 0.3 is 0 Å². The number of nitrogens with two attached hydrogens (primary N) is 1. The molecule has 0 aliphatic heterocycles. The van der Waals surface area contributed by atoms with Crippen LogP contribution in [0.25, 0.3) is 0 Å². The summed E-state index contributed by atoms with van der Waals surface area (Å²) in [6.07, 6.45) is 0. The van der Waals surface area contributed by atoms with Crippen molar-refractivity contribution >= 4 is 0 Å². The van der Waals surface area contributed by atoms with Gasteiger partial charge in [0.1, 0.15) is 5.75 Å². The summed E-state index contributed by atoms with van der Waals surface area (Å²) in [6.45, 7) is 4.00. The van der Waals surface area contributed by atoms with Gasteiger partial charge in [-0.1, -0.05) is 56.3 Å². The Morgan fingerprint density at radius 1 is 0.833 bits per heavy atom. The summed E-state index contributed by atoms with van der Waals surface area (Å²) < 4.78 is 5.11. The minimum Gasteiger partial charge on any atom is -0.497 e. The summed E-state index contributed by atoms with van der Waals surface area (Å²) in [7, 11) is 1.66. The molecule has 0 saturated heterocycles. The molecule has 2 aromatic rings. The highest BCUT2D eigenvalue weighted by Crippen LogP contribution is 2.21. The monoisotopic (exact) mass is 243 g/mol. The second-order valence-corrected chi connectivity index (χ2v) is 3.66. The first-order valence-corrected chi connectivity index (χ1v) is 6.26. The standard InChI is InChI=1S/C14H15NO.C2H6/c1-16-13-9-7-12(8-10-13)14(15)11-5-3-2-4-6-11;1-2/h2-10,14H,15H2,1H3;1-2H3. The van der Waals surface area contributed by atoms with Crippen LogP contribution in [0.2, 0.25) is 0 Å². The molecule has 2 nitrogen and oxygen atoms in total. The Bertz CT molecular complexity index is 436. The largest absolute Gasteiger partial charge is 0.497 e. The number of benzene rings is 2. The quantitative estimate of drug-likeness (QED) is 0.890. The maximum absolute atomic E-state index is 6.17. The molecule has 0 amide bonds.